The van der Waals surface area contributed by atoms with Gasteiger partial charge in [0.25, 0.3) is 5.91 Å². The fourth-order valence-corrected chi connectivity index (χ4v) is 3.22. The van der Waals surface area contributed by atoms with Crippen LogP contribution in [0.1, 0.15) is 46.1 Å². The van der Waals surface area contributed by atoms with Crippen LogP contribution in [0.5, 0.6) is 5.75 Å². The van der Waals surface area contributed by atoms with Gasteiger partial charge in [-0.3, -0.25) is 9.78 Å². The number of hydrogen-bond donors (Lipinski definition) is 1. The first kappa shape index (κ1) is 19.2. The van der Waals surface area contributed by atoms with E-state index < -0.39 is 12.3 Å². The van der Waals surface area contributed by atoms with Crippen LogP contribution in [0.2, 0.25) is 0 Å². The minimum absolute atomic E-state index is 0.0229. The molecule has 2 aromatic heterocycles. The van der Waals surface area contributed by atoms with Crippen molar-refractivity contribution in [1.29, 1.82) is 0 Å². The van der Waals surface area contributed by atoms with Crippen LogP contribution in [-0.2, 0) is 6.54 Å². The molecule has 0 bridgehead atoms. The summed E-state index contributed by atoms with van der Waals surface area (Å²) in [6.07, 6.45) is -1.35. The molecule has 1 amide bonds. The van der Waals surface area contributed by atoms with Gasteiger partial charge >= 0.3 is 6.36 Å². The number of carbonyl (C=O) groups is 1. The van der Waals surface area contributed by atoms with Crippen LogP contribution in [0.3, 0.4) is 0 Å². The summed E-state index contributed by atoms with van der Waals surface area (Å²) < 4.78 is 43.1. The first-order valence-corrected chi connectivity index (χ1v) is 9.19. The monoisotopic (exact) mass is 401 g/mol. The molecular formula is C21H18F3N3O2. The highest BCUT2D eigenvalue weighted by atomic mass is 19.4. The SMILES string of the molecule is Cc1cc(C(=O)NCc2ccccn2)nc2c(OC(F)(F)F)cc(C3CC3)cc12. The molecule has 0 aliphatic heterocycles. The Morgan fingerprint density at radius 3 is 2.69 bits per heavy atom. The van der Waals surface area contributed by atoms with Gasteiger partial charge < -0.3 is 10.1 Å². The Kier molecular flexibility index (Phi) is 4.86. The Bertz CT molecular complexity index is 1060. The minimum atomic E-state index is -4.85. The zero-order valence-corrected chi connectivity index (χ0v) is 15.6. The molecule has 3 aromatic rings. The fourth-order valence-electron chi connectivity index (χ4n) is 3.22. The molecule has 1 aliphatic rings. The summed E-state index contributed by atoms with van der Waals surface area (Å²) in [7, 11) is 0. The Morgan fingerprint density at radius 2 is 2.03 bits per heavy atom. The Balaban J connectivity index is 1.69. The fraction of sp³-hybridized carbons (Fsp3) is 0.286. The molecule has 1 aromatic carbocycles. The highest BCUT2D eigenvalue weighted by Crippen LogP contribution is 2.44. The summed E-state index contributed by atoms with van der Waals surface area (Å²) in [5.74, 6) is -0.625. The third-order valence-corrected chi connectivity index (χ3v) is 4.77. The lowest BCUT2D eigenvalue weighted by Gasteiger charge is -2.15. The smallest absolute Gasteiger partial charge is 0.403 e. The molecule has 150 valence electrons. The van der Waals surface area contributed by atoms with E-state index in [1.807, 2.05) is 6.07 Å². The molecule has 0 saturated heterocycles. The van der Waals surface area contributed by atoms with Gasteiger partial charge in [-0.15, -0.1) is 13.2 Å². The van der Waals surface area contributed by atoms with Crippen LogP contribution >= 0.6 is 0 Å². The van der Waals surface area contributed by atoms with Crippen molar-refractivity contribution < 1.29 is 22.7 Å². The molecule has 1 saturated carbocycles. The van der Waals surface area contributed by atoms with E-state index in [1.54, 1.807) is 37.4 Å². The van der Waals surface area contributed by atoms with Crippen molar-refractivity contribution >= 4 is 16.8 Å². The van der Waals surface area contributed by atoms with Crippen LogP contribution in [0.25, 0.3) is 10.9 Å². The van der Waals surface area contributed by atoms with E-state index in [9.17, 15) is 18.0 Å². The molecule has 4 rings (SSSR count). The lowest BCUT2D eigenvalue weighted by Crippen LogP contribution is -2.24. The minimum Gasteiger partial charge on any atom is -0.403 e. The molecule has 0 radical (unpaired) electrons. The summed E-state index contributed by atoms with van der Waals surface area (Å²) in [4.78, 5) is 20.8. The molecule has 1 aliphatic carbocycles. The first-order valence-electron chi connectivity index (χ1n) is 9.19. The van der Waals surface area contributed by atoms with E-state index in [2.05, 4.69) is 20.0 Å². The number of nitrogens with one attached hydrogen (secondary N) is 1. The predicted molar refractivity (Wildman–Crippen MR) is 101 cm³/mol. The van der Waals surface area contributed by atoms with E-state index >= 15 is 0 Å². The summed E-state index contributed by atoms with van der Waals surface area (Å²) in [6.45, 7) is 1.93. The van der Waals surface area contributed by atoms with Crippen molar-refractivity contribution in [2.45, 2.75) is 38.6 Å². The van der Waals surface area contributed by atoms with Gasteiger partial charge in [-0.1, -0.05) is 6.07 Å². The van der Waals surface area contributed by atoms with E-state index in [0.29, 0.717) is 16.6 Å². The first-order chi connectivity index (χ1) is 13.8. The molecule has 0 unspecified atom stereocenters. The van der Waals surface area contributed by atoms with Crippen LogP contribution in [0.4, 0.5) is 13.2 Å². The molecule has 29 heavy (non-hydrogen) atoms. The van der Waals surface area contributed by atoms with Crippen LogP contribution in [0.15, 0.2) is 42.6 Å². The van der Waals surface area contributed by atoms with Crippen molar-refractivity contribution in [1.82, 2.24) is 15.3 Å². The van der Waals surface area contributed by atoms with E-state index in [1.165, 1.54) is 6.07 Å². The molecule has 2 heterocycles. The average Bonchev–Trinajstić information content (AvgIpc) is 3.51. The highest BCUT2D eigenvalue weighted by Gasteiger charge is 2.34. The van der Waals surface area contributed by atoms with Gasteiger partial charge in [-0.25, -0.2) is 4.98 Å². The second-order valence-electron chi connectivity index (χ2n) is 7.07. The summed E-state index contributed by atoms with van der Waals surface area (Å²) in [5, 5.41) is 3.24. The summed E-state index contributed by atoms with van der Waals surface area (Å²) in [5.41, 5.74) is 2.17. The molecule has 1 N–H and O–H groups in total. The zero-order chi connectivity index (χ0) is 20.6. The van der Waals surface area contributed by atoms with Crippen LogP contribution in [-0.4, -0.2) is 22.2 Å². The Morgan fingerprint density at radius 1 is 1.24 bits per heavy atom. The Hall–Kier alpha value is -3.16. The Labute approximate surface area is 164 Å². The number of benzene rings is 1. The van der Waals surface area contributed by atoms with Gasteiger partial charge in [0, 0.05) is 11.6 Å². The second kappa shape index (κ2) is 7.35. The maximum atomic E-state index is 12.9. The van der Waals surface area contributed by atoms with Crippen molar-refractivity contribution in [2.75, 3.05) is 0 Å². The molecule has 5 nitrogen and oxygen atoms in total. The number of hydrogen-bond acceptors (Lipinski definition) is 4. The lowest BCUT2D eigenvalue weighted by molar-refractivity contribution is -0.274. The third-order valence-electron chi connectivity index (χ3n) is 4.77. The number of amides is 1. The molecule has 8 heteroatoms. The molecule has 0 spiro atoms. The normalized spacial score (nSPS) is 14.1. The van der Waals surface area contributed by atoms with Crippen molar-refractivity contribution in [3.63, 3.8) is 0 Å². The maximum Gasteiger partial charge on any atom is 0.573 e. The lowest BCUT2D eigenvalue weighted by atomic mass is 10.0. The number of rotatable bonds is 5. The molecule has 0 atom stereocenters. The van der Waals surface area contributed by atoms with Crippen molar-refractivity contribution in [3.8, 4) is 5.75 Å². The molecular weight excluding hydrogens is 383 g/mol. The predicted octanol–water partition coefficient (Wildman–Crippen LogP) is 4.64. The van der Waals surface area contributed by atoms with E-state index in [4.69, 9.17) is 0 Å². The van der Waals surface area contributed by atoms with Crippen molar-refractivity contribution in [2.24, 2.45) is 0 Å². The van der Waals surface area contributed by atoms with Gasteiger partial charge in [-0.05, 0) is 67.1 Å². The third kappa shape index (κ3) is 4.47. The van der Waals surface area contributed by atoms with Gasteiger partial charge in [-0.2, -0.15) is 0 Å². The number of carbonyl (C=O) groups excluding carboxylic acids is 1. The topological polar surface area (TPSA) is 64.1 Å². The highest BCUT2D eigenvalue weighted by molar-refractivity contribution is 5.97. The number of pyridine rings is 2. The average molecular weight is 401 g/mol. The molecule has 1 fully saturated rings. The van der Waals surface area contributed by atoms with Crippen LogP contribution < -0.4 is 10.1 Å². The van der Waals surface area contributed by atoms with Crippen LogP contribution in [0, 0.1) is 6.92 Å². The number of aromatic nitrogens is 2. The second-order valence-corrected chi connectivity index (χ2v) is 7.07. The number of ether oxygens (including phenoxy) is 1. The number of fused-ring (bicyclic) bond motifs is 1. The summed E-state index contributed by atoms with van der Waals surface area (Å²) >= 11 is 0. The number of aryl methyl sites for hydroxylation is 1. The summed E-state index contributed by atoms with van der Waals surface area (Å²) in [6, 6.07) is 10.1. The number of nitrogens with zero attached hydrogens (tertiary/aromatic N) is 2. The standard InChI is InChI=1S/C21H18F3N3O2/c1-12-8-17(20(28)26-11-15-4-2-3-7-25-15)27-19-16(12)9-14(13-5-6-13)10-18(19)29-21(22,23)24/h2-4,7-10,13H,5-6,11H2,1H3,(H,26,28). The van der Waals surface area contributed by atoms with Gasteiger partial charge in [0.2, 0.25) is 0 Å². The largest absolute Gasteiger partial charge is 0.573 e. The van der Waals surface area contributed by atoms with E-state index in [-0.39, 0.29) is 29.4 Å². The quantitative estimate of drug-likeness (QED) is 0.676. The number of alkyl halides is 3. The van der Waals surface area contributed by atoms with Gasteiger partial charge in [0.1, 0.15) is 11.2 Å². The number of halogens is 3. The maximum absolute atomic E-state index is 12.9. The van der Waals surface area contributed by atoms with Gasteiger partial charge in [0.15, 0.2) is 5.75 Å². The zero-order valence-electron chi connectivity index (χ0n) is 15.6. The van der Waals surface area contributed by atoms with E-state index in [0.717, 1.165) is 18.4 Å². The van der Waals surface area contributed by atoms with Crippen molar-refractivity contribution in [3.05, 3.63) is 65.1 Å². The van der Waals surface area contributed by atoms with Gasteiger partial charge in [0.05, 0.1) is 12.2 Å².